The van der Waals surface area contributed by atoms with E-state index in [2.05, 4.69) is 28.9 Å². The van der Waals surface area contributed by atoms with Gasteiger partial charge in [-0.05, 0) is 17.9 Å². The van der Waals surface area contributed by atoms with Crippen LogP contribution in [0.2, 0.25) is 0 Å². The highest BCUT2D eigenvalue weighted by Gasteiger charge is 2.47. The lowest BCUT2D eigenvalue weighted by atomic mass is 9.88. The number of allylic oxidation sites excluding steroid dienone is 2. The number of hydrogen-bond donors (Lipinski definition) is 2. The number of nitrogens with zero attached hydrogens (tertiary/aromatic N) is 2. The summed E-state index contributed by atoms with van der Waals surface area (Å²) in [6, 6.07) is -2.70. The van der Waals surface area contributed by atoms with Gasteiger partial charge in [0, 0.05) is 12.5 Å². The third-order valence-corrected chi connectivity index (χ3v) is 5.08. The molecule has 1 aromatic heterocycles. The van der Waals surface area contributed by atoms with Crippen LogP contribution in [0.5, 0.6) is 0 Å². The van der Waals surface area contributed by atoms with E-state index in [-0.39, 0.29) is 29.3 Å². The molecule has 1 aliphatic heterocycles. The fourth-order valence-corrected chi connectivity index (χ4v) is 2.90. The number of aromatic nitrogens is 2. The van der Waals surface area contributed by atoms with Crippen molar-refractivity contribution in [1.29, 1.82) is 0 Å². The Balaban J connectivity index is 2.44. The van der Waals surface area contributed by atoms with Gasteiger partial charge in [-0.2, -0.15) is 18.3 Å². The number of carbonyl (C=O) groups is 1. The van der Waals surface area contributed by atoms with Crippen LogP contribution >= 0.6 is 0 Å². The molecule has 1 aromatic rings. The Kier molecular flexibility index (Phi) is 6.11. The number of nitrogens with one attached hydrogen (secondary N) is 2. The van der Waals surface area contributed by atoms with Gasteiger partial charge in [-0.15, -0.1) is 0 Å². The Hall–Kier alpha value is -2.51. The summed E-state index contributed by atoms with van der Waals surface area (Å²) in [6.45, 7) is 15.0. The maximum Gasteiger partial charge on any atom is 0.410 e. The van der Waals surface area contributed by atoms with Crippen molar-refractivity contribution < 1.29 is 18.0 Å². The van der Waals surface area contributed by atoms with Crippen LogP contribution in [0.15, 0.2) is 43.2 Å². The number of fused-ring (bicyclic) bond motifs is 1. The number of rotatable bonds is 5. The highest BCUT2D eigenvalue weighted by Crippen LogP contribution is 2.41. The molecule has 0 aromatic carbocycles. The number of amides is 1. The molecule has 5 nitrogen and oxygen atoms in total. The molecular formula is C20H27F3N4O. The van der Waals surface area contributed by atoms with Crippen LogP contribution in [0.4, 0.5) is 19.0 Å². The van der Waals surface area contributed by atoms with E-state index in [0.717, 1.165) is 4.68 Å². The molecule has 2 heterocycles. The van der Waals surface area contributed by atoms with Gasteiger partial charge in [0.2, 0.25) is 0 Å². The van der Waals surface area contributed by atoms with Gasteiger partial charge in [0.15, 0.2) is 6.04 Å². The molecule has 2 rings (SSSR count). The summed E-state index contributed by atoms with van der Waals surface area (Å²) in [5.41, 5.74) is 0.443. The first-order valence-corrected chi connectivity index (χ1v) is 9.06. The monoisotopic (exact) mass is 396 g/mol. The lowest BCUT2D eigenvalue weighted by Crippen LogP contribution is -2.43. The zero-order valence-electron chi connectivity index (χ0n) is 16.6. The summed E-state index contributed by atoms with van der Waals surface area (Å²) in [4.78, 5) is 12.7. The minimum Gasteiger partial charge on any atom is -0.363 e. The zero-order chi connectivity index (χ0) is 21.3. The topological polar surface area (TPSA) is 59.0 Å². The highest BCUT2D eigenvalue weighted by molar-refractivity contribution is 5.99. The third-order valence-electron chi connectivity index (χ3n) is 5.08. The summed E-state index contributed by atoms with van der Waals surface area (Å²) in [5, 5.41) is 9.74. The van der Waals surface area contributed by atoms with Crippen molar-refractivity contribution in [3.05, 3.63) is 48.7 Å². The molecule has 0 aliphatic carbocycles. The minimum atomic E-state index is -4.51. The average Bonchev–Trinajstić information content (AvgIpc) is 3.00. The molecule has 154 valence electrons. The van der Waals surface area contributed by atoms with Gasteiger partial charge in [-0.25, -0.2) is 4.68 Å². The van der Waals surface area contributed by atoms with Crippen LogP contribution < -0.4 is 10.6 Å². The molecule has 28 heavy (non-hydrogen) atoms. The standard InChI is InChI=1S/C20H27F3N4O/c1-7-9-13(8-2)15-10-16(20(21,22)23)27-17(26-15)14(11-24-27)18(28)25-12(3)19(4,5)6/h7-9,11-12,15-16,26H,1-2,10H2,3-6H3,(H,25,28)/b13-9+. The van der Waals surface area contributed by atoms with Crippen LogP contribution in [0, 0.1) is 5.41 Å². The Labute approximate surface area is 163 Å². The normalized spacial score (nSPS) is 21.3. The van der Waals surface area contributed by atoms with Crippen LogP contribution in [0.3, 0.4) is 0 Å². The molecule has 0 radical (unpaired) electrons. The maximum absolute atomic E-state index is 13.7. The first-order valence-electron chi connectivity index (χ1n) is 9.06. The zero-order valence-corrected chi connectivity index (χ0v) is 16.6. The molecule has 3 atom stereocenters. The molecule has 1 amide bonds. The lowest BCUT2D eigenvalue weighted by Gasteiger charge is -2.34. The van der Waals surface area contributed by atoms with Crippen LogP contribution in [-0.2, 0) is 0 Å². The molecule has 3 unspecified atom stereocenters. The van der Waals surface area contributed by atoms with Crippen molar-refractivity contribution in [2.75, 3.05) is 5.32 Å². The molecule has 0 fully saturated rings. The van der Waals surface area contributed by atoms with Crippen molar-refractivity contribution in [3.63, 3.8) is 0 Å². The molecule has 8 heteroatoms. The van der Waals surface area contributed by atoms with E-state index in [4.69, 9.17) is 0 Å². The summed E-state index contributed by atoms with van der Waals surface area (Å²) < 4.78 is 41.9. The van der Waals surface area contributed by atoms with Gasteiger partial charge in [0.25, 0.3) is 5.91 Å². The first kappa shape index (κ1) is 21.8. The van der Waals surface area contributed by atoms with E-state index in [1.54, 1.807) is 6.08 Å². The summed E-state index contributed by atoms with van der Waals surface area (Å²) in [6.07, 6.45) is 0.994. The van der Waals surface area contributed by atoms with Crippen molar-refractivity contribution in [1.82, 2.24) is 15.1 Å². The Morgan fingerprint density at radius 1 is 1.39 bits per heavy atom. The molecular weight excluding hydrogens is 369 g/mol. The van der Waals surface area contributed by atoms with E-state index in [1.807, 2.05) is 27.7 Å². The Bertz CT molecular complexity index is 786. The van der Waals surface area contributed by atoms with Gasteiger partial charge < -0.3 is 10.6 Å². The van der Waals surface area contributed by atoms with Crippen LogP contribution in [0.1, 0.15) is 50.5 Å². The van der Waals surface area contributed by atoms with Gasteiger partial charge in [0.05, 0.1) is 12.2 Å². The Morgan fingerprint density at radius 2 is 2.04 bits per heavy atom. The minimum absolute atomic E-state index is 0.0500. The first-order chi connectivity index (χ1) is 12.9. The SMILES string of the molecule is C=C/C=C(\C=C)C1CC(C(F)(F)F)n2ncc(C(=O)NC(C)C(C)(C)C)c2N1. The van der Waals surface area contributed by atoms with E-state index >= 15 is 0 Å². The third kappa shape index (κ3) is 4.48. The second-order valence-corrected chi connectivity index (χ2v) is 8.01. The molecule has 0 spiro atoms. The van der Waals surface area contributed by atoms with E-state index < -0.39 is 24.2 Å². The molecule has 0 bridgehead atoms. The van der Waals surface area contributed by atoms with Crippen molar-refractivity contribution in [3.8, 4) is 0 Å². The average molecular weight is 396 g/mol. The second kappa shape index (κ2) is 7.85. The van der Waals surface area contributed by atoms with E-state index in [9.17, 15) is 18.0 Å². The smallest absolute Gasteiger partial charge is 0.363 e. The predicted molar refractivity (Wildman–Crippen MR) is 104 cm³/mol. The van der Waals surface area contributed by atoms with Crippen LogP contribution in [-0.4, -0.2) is 33.9 Å². The number of anilines is 1. The fourth-order valence-electron chi connectivity index (χ4n) is 2.90. The fraction of sp³-hybridized carbons (Fsp3) is 0.500. The highest BCUT2D eigenvalue weighted by atomic mass is 19.4. The van der Waals surface area contributed by atoms with E-state index in [0.29, 0.717) is 5.57 Å². The molecule has 2 N–H and O–H groups in total. The lowest BCUT2D eigenvalue weighted by molar-refractivity contribution is -0.173. The van der Waals surface area contributed by atoms with Crippen LogP contribution in [0.25, 0.3) is 0 Å². The number of carbonyl (C=O) groups excluding carboxylic acids is 1. The maximum atomic E-state index is 13.7. The Morgan fingerprint density at radius 3 is 2.54 bits per heavy atom. The van der Waals surface area contributed by atoms with Gasteiger partial charge in [-0.3, -0.25) is 4.79 Å². The number of hydrogen-bond acceptors (Lipinski definition) is 3. The van der Waals surface area contributed by atoms with Gasteiger partial charge in [0.1, 0.15) is 11.4 Å². The predicted octanol–water partition coefficient (Wildman–Crippen LogP) is 4.63. The van der Waals surface area contributed by atoms with Crippen molar-refractivity contribution >= 4 is 11.7 Å². The molecule has 1 aliphatic rings. The summed E-state index contributed by atoms with van der Waals surface area (Å²) >= 11 is 0. The largest absolute Gasteiger partial charge is 0.410 e. The molecule has 0 saturated heterocycles. The number of halogens is 3. The van der Waals surface area contributed by atoms with Gasteiger partial charge >= 0.3 is 6.18 Å². The quantitative estimate of drug-likeness (QED) is 0.714. The summed E-state index contributed by atoms with van der Waals surface area (Å²) in [7, 11) is 0. The van der Waals surface area contributed by atoms with Gasteiger partial charge in [-0.1, -0.05) is 52.2 Å². The summed E-state index contributed by atoms with van der Waals surface area (Å²) in [5.74, 6) is -0.417. The van der Waals surface area contributed by atoms with Crippen molar-refractivity contribution in [2.24, 2.45) is 5.41 Å². The number of alkyl halides is 3. The molecule has 0 saturated carbocycles. The van der Waals surface area contributed by atoms with E-state index in [1.165, 1.54) is 18.3 Å². The van der Waals surface area contributed by atoms with Crippen molar-refractivity contribution in [2.45, 2.75) is 58.4 Å². The second-order valence-electron chi connectivity index (χ2n) is 8.01.